The number of fused-ring (bicyclic) bond motifs is 1. The van der Waals surface area contributed by atoms with E-state index in [4.69, 9.17) is 11.1 Å². The monoisotopic (exact) mass is 334 g/mol. The van der Waals surface area contributed by atoms with Crippen LogP contribution in [-0.2, 0) is 6.54 Å². The average Bonchev–Trinajstić information content (AvgIpc) is 3.06. The Bertz CT molecular complexity index is 907. The maximum Gasteiger partial charge on any atom is 0.144 e. The second-order valence-electron chi connectivity index (χ2n) is 6.66. The summed E-state index contributed by atoms with van der Waals surface area (Å²) in [6.45, 7) is 3.30. The number of aromatic nitrogens is 3. The van der Waals surface area contributed by atoms with Gasteiger partial charge in [-0.25, -0.2) is 0 Å². The molecule has 0 radical (unpaired) electrons. The van der Waals surface area contributed by atoms with Crippen LogP contribution < -0.4 is 5.73 Å². The highest BCUT2D eigenvalue weighted by molar-refractivity contribution is 6.06. The molecule has 4 rings (SSSR count). The normalized spacial score (nSPS) is 15.5. The maximum absolute atomic E-state index is 7.66. The molecule has 1 aliphatic rings. The summed E-state index contributed by atoms with van der Waals surface area (Å²) in [4.78, 5) is 6.93. The number of nitrogens with two attached hydrogens (primary N) is 1. The van der Waals surface area contributed by atoms with E-state index in [-0.39, 0.29) is 5.84 Å². The summed E-state index contributed by atoms with van der Waals surface area (Å²) in [5.74, 6) is -0.0274. The van der Waals surface area contributed by atoms with Gasteiger partial charge in [-0.15, -0.1) is 0 Å². The first-order chi connectivity index (χ1) is 12.2. The molecule has 4 N–H and O–H groups in total. The van der Waals surface area contributed by atoms with Crippen LogP contribution in [0.2, 0.25) is 0 Å². The molecule has 6 nitrogen and oxygen atoms in total. The Labute approximate surface area is 146 Å². The third-order valence-electron chi connectivity index (χ3n) is 4.80. The molecule has 0 spiro atoms. The molecule has 0 aliphatic carbocycles. The number of rotatable bonds is 4. The van der Waals surface area contributed by atoms with E-state index < -0.39 is 0 Å². The van der Waals surface area contributed by atoms with Crippen molar-refractivity contribution in [1.29, 1.82) is 5.41 Å². The Hall–Kier alpha value is -2.73. The number of amidine groups is 1. The number of nitrogen functional groups attached to an aromatic ring is 1. The highest BCUT2D eigenvalue weighted by Gasteiger charge is 2.12. The van der Waals surface area contributed by atoms with Gasteiger partial charge in [0.1, 0.15) is 11.5 Å². The van der Waals surface area contributed by atoms with Crippen molar-refractivity contribution in [2.45, 2.75) is 25.8 Å². The molecule has 1 aliphatic heterocycles. The largest absolute Gasteiger partial charge is 0.382 e. The van der Waals surface area contributed by atoms with Crippen LogP contribution in [0.15, 0.2) is 36.7 Å². The zero-order chi connectivity index (χ0) is 17.2. The number of H-pyrrole nitrogens is 1. The fourth-order valence-electron chi connectivity index (χ4n) is 3.51. The fraction of sp³-hybridized carbons (Fsp3) is 0.316. The summed E-state index contributed by atoms with van der Waals surface area (Å²) in [5.41, 5.74) is 10.4. The van der Waals surface area contributed by atoms with Crippen molar-refractivity contribution in [3.05, 3.63) is 47.9 Å². The van der Waals surface area contributed by atoms with E-state index in [1.807, 2.05) is 30.6 Å². The van der Waals surface area contributed by atoms with Gasteiger partial charge in [-0.3, -0.25) is 20.4 Å². The molecule has 0 unspecified atom stereocenters. The standard InChI is InChI=1S/C19H22N6/c20-19(21)18-16-9-14(4-5-17(16)23-24-18)15-8-13(10-22-11-15)12-25-6-2-1-3-7-25/h4-5,8-11H,1-3,6-7,12H2,(H3,20,21)(H,23,24). The molecule has 1 aromatic carbocycles. The smallest absolute Gasteiger partial charge is 0.144 e. The molecular formula is C19H22N6. The molecule has 25 heavy (non-hydrogen) atoms. The van der Waals surface area contributed by atoms with Gasteiger partial charge >= 0.3 is 0 Å². The molecule has 6 heteroatoms. The summed E-state index contributed by atoms with van der Waals surface area (Å²) >= 11 is 0. The Morgan fingerprint density at radius 3 is 2.76 bits per heavy atom. The molecule has 0 amide bonds. The van der Waals surface area contributed by atoms with E-state index in [0.29, 0.717) is 5.69 Å². The predicted octanol–water partition coefficient (Wildman–Crippen LogP) is 2.89. The van der Waals surface area contributed by atoms with Gasteiger partial charge in [0.15, 0.2) is 0 Å². The summed E-state index contributed by atoms with van der Waals surface area (Å²) in [7, 11) is 0. The number of aromatic amines is 1. The van der Waals surface area contributed by atoms with Gasteiger partial charge in [0.25, 0.3) is 0 Å². The van der Waals surface area contributed by atoms with Crippen molar-refractivity contribution in [2.75, 3.05) is 13.1 Å². The highest BCUT2D eigenvalue weighted by Crippen LogP contribution is 2.26. The minimum absolute atomic E-state index is 0.0274. The first-order valence-electron chi connectivity index (χ1n) is 8.70. The van der Waals surface area contributed by atoms with E-state index in [0.717, 1.165) is 28.6 Å². The summed E-state index contributed by atoms with van der Waals surface area (Å²) in [6, 6.07) is 8.25. The lowest BCUT2D eigenvalue weighted by Crippen LogP contribution is -2.29. The molecule has 3 aromatic rings. The van der Waals surface area contributed by atoms with Crippen molar-refractivity contribution in [2.24, 2.45) is 5.73 Å². The summed E-state index contributed by atoms with van der Waals surface area (Å²) in [6.07, 6.45) is 7.76. The van der Waals surface area contributed by atoms with Crippen LogP contribution in [0, 0.1) is 5.41 Å². The molecule has 0 atom stereocenters. The van der Waals surface area contributed by atoms with Gasteiger partial charge in [-0.05, 0) is 55.3 Å². The molecule has 1 fully saturated rings. The van der Waals surface area contributed by atoms with Gasteiger partial charge in [-0.1, -0.05) is 12.5 Å². The van der Waals surface area contributed by atoms with Crippen LogP contribution >= 0.6 is 0 Å². The SMILES string of the molecule is N=C(N)c1n[nH]c2ccc(-c3cncc(CN4CCCCC4)c3)cc12. The number of hydrogen-bond donors (Lipinski definition) is 3. The highest BCUT2D eigenvalue weighted by atomic mass is 15.1. The van der Waals surface area contributed by atoms with Crippen LogP contribution in [-0.4, -0.2) is 39.0 Å². The number of hydrogen-bond acceptors (Lipinski definition) is 4. The van der Waals surface area contributed by atoms with Crippen LogP contribution in [0.5, 0.6) is 0 Å². The molecule has 2 aromatic heterocycles. The van der Waals surface area contributed by atoms with Gasteiger partial charge in [0, 0.05) is 29.9 Å². The number of nitrogens with zero attached hydrogens (tertiary/aromatic N) is 3. The van der Waals surface area contributed by atoms with Crippen LogP contribution in [0.25, 0.3) is 22.0 Å². The zero-order valence-electron chi connectivity index (χ0n) is 14.1. The Balaban J connectivity index is 1.64. The van der Waals surface area contributed by atoms with E-state index in [1.54, 1.807) is 0 Å². The van der Waals surface area contributed by atoms with Gasteiger partial charge in [0.05, 0.1) is 5.52 Å². The zero-order valence-corrected chi connectivity index (χ0v) is 14.1. The second kappa shape index (κ2) is 6.64. The Morgan fingerprint density at radius 2 is 1.96 bits per heavy atom. The van der Waals surface area contributed by atoms with E-state index >= 15 is 0 Å². The quantitative estimate of drug-likeness (QED) is 0.505. The molecule has 1 saturated heterocycles. The van der Waals surface area contributed by atoms with Gasteiger partial charge in [-0.2, -0.15) is 5.10 Å². The van der Waals surface area contributed by atoms with E-state index in [1.165, 1.54) is 37.9 Å². The second-order valence-corrected chi connectivity index (χ2v) is 6.66. The first-order valence-corrected chi connectivity index (χ1v) is 8.70. The minimum atomic E-state index is -0.0274. The van der Waals surface area contributed by atoms with Crippen LogP contribution in [0.1, 0.15) is 30.5 Å². The number of likely N-dealkylation sites (tertiary alicyclic amines) is 1. The number of nitrogens with one attached hydrogen (secondary N) is 2. The Kier molecular flexibility index (Phi) is 4.19. The lowest BCUT2D eigenvalue weighted by atomic mass is 10.0. The van der Waals surface area contributed by atoms with Crippen LogP contribution in [0.4, 0.5) is 0 Å². The molecular weight excluding hydrogens is 312 g/mol. The number of benzene rings is 1. The molecule has 3 heterocycles. The third-order valence-corrected chi connectivity index (χ3v) is 4.80. The lowest BCUT2D eigenvalue weighted by Gasteiger charge is -2.26. The molecule has 0 bridgehead atoms. The van der Waals surface area contributed by atoms with E-state index in [9.17, 15) is 0 Å². The fourth-order valence-corrected chi connectivity index (χ4v) is 3.51. The van der Waals surface area contributed by atoms with E-state index in [2.05, 4.69) is 26.1 Å². The van der Waals surface area contributed by atoms with Crippen LogP contribution in [0.3, 0.4) is 0 Å². The number of pyridine rings is 1. The van der Waals surface area contributed by atoms with Crippen molar-refractivity contribution >= 4 is 16.7 Å². The number of piperidine rings is 1. The summed E-state index contributed by atoms with van der Waals surface area (Å²) < 4.78 is 0. The maximum atomic E-state index is 7.66. The summed E-state index contributed by atoms with van der Waals surface area (Å²) in [5, 5.41) is 15.6. The van der Waals surface area contributed by atoms with Crippen molar-refractivity contribution in [3.63, 3.8) is 0 Å². The first kappa shape index (κ1) is 15.8. The van der Waals surface area contributed by atoms with Gasteiger partial charge < -0.3 is 5.73 Å². The Morgan fingerprint density at radius 1 is 1.12 bits per heavy atom. The van der Waals surface area contributed by atoms with Crippen molar-refractivity contribution in [1.82, 2.24) is 20.1 Å². The molecule has 0 saturated carbocycles. The van der Waals surface area contributed by atoms with Crippen molar-refractivity contribution in [3.8, 4) is 11.1 Å². The topological polar surface area (TPSA) is 94.7 Å². The molecule has 128 valence electrons. The third kappa shape index (κ3) is 3.25. The predicted molar refractivity (Wildman–Crippen MR) is 99.5 cm³/mol. The van der Waals surface area contributed by atoms with Crippen molar-refractivity contribution < 1.29 is 0 Å². The average molecular weight is 334 g/mol. The minimum Gasteiger partial charge on any atom is -0.382 e. The van der Waals surface area contributed by atoms with Gasteiger partial charge in [0.2, 0.25) is 0 Å². The lowest BCUT2D eigenvalue weighted by molar-refractivity contribution is 0.220.